The van der Waals surface area contributed by atoms with Gasteiger partial charge in [0.25, 0.3) is 0 Å². The number of hydrogen-bond donors (Lipinski definition) is 1. The van der Waals surface area contributed by atoms with Crippen molar-refractivity contribution in [3.8, 4) is 0 Å². The van der Waals surface area contributed by atoms with Crippen LogP contribution in [-0.4, -0.2) is 23.6 Å². The van der Waals surface area contributed by atoms with Crippen LogP contribution in [0.25, 0.3) is 0 Å². The van der Waals surface area contributed by atoms with Crippen LogP contribution in [0.5, 0.6) is 0 Å². The number of hydrogen-bond acceptors (Lipinski definition) is 4. The fourth-order valence-corrected chi connectivity index (χ4v) is 2.14. The monoisotopic (exact) mass is 261 g/mol. The van der Waals surface area contributed by atoms with Crippen LogP contribution in [0.1, 0.15) is 39.7 Å². The number of nitrogens with one attached hydrogen (secondary N) is 1. The summed E-state index contributed by atoms with van der Waals surface area (Å²) in [4.78, 5) is 10.8. The Labute approximate surface area is 115 Å². The van der Waals surface area contributed by atoms with Gasteiger partial charge in [0.15, 0.2) is 0 Å². The predicted octanol–water partition coefficient (Wildman–Crippen LogP) is 2.87. The van der Waals surface area contributed by atoms with Gasteiger partial charge in [-0.3, -0.25) is 0 Å². The summed E-state index contributed by atoms with van der Waals surface area (Å²) in [6.07, 6.45) is 0.788. The highest BCUT2D eigenvalue weighted by Gasteiger charge is 2.40. The molecule has 0 spiro atoms. The van der Waals surface area contributed by atoms with Crippen LogP contribution >= 0.6 is 0 Å². The topological polar surface area (TPSA) is 36.9 Å². The first kappa shape index (κ1) is 13.9. The van der Waals surface area contributed by atoms with Crippen molar-refractivity contribution in [1.29, 1.82) is 0 Å². The zero-order valence-corrected chi connectivity index (χ0v) is 12.4. The normalized spacial score (nSPS) is 23.4. The van der Waals surface area contributed by atoms with Crippen molar-refractivity contribution in [2.45, 2.75) is 45.4 Å². The maximum absolute atomic E-state index is 6.01. The fraction of sp³-hybridized carbons (Fsp3) is 0.533. The molecular formula is C15H23N3O. The van der Waals surface area contributed by atoms with Gasteiger partial charge in [0.1, 0.15) is 0 Å². The Bertz CT molecular complexity index is 464. The van der Waals surface area contributed by atoms with E-state index in [4.69, 9.17) is 9.83 Å². The Kier molecular flexibility index (Phi) is 3.54. The maximum Gasteiger partial charge on any atom is 0.221 e. The number of guanidine groups is 1. The van der Waals surface area contributed by atoms with Gasteiger partial charge in [-0.05, 0) is 20.8 Å². The quantitative estimate of drug-likeness (QED) is 0.889. The third-order valence-corrected chi connectivity index (χ3v) is 3.06. The average molecular weight is 261 g/mol. The minimum Gasteiger partial charge on any atom is -0.350 e. The molecule has 1 N–H and O–H groups in total. The van der Waals surface area contributed by atoms with Gasteiger partial charge in [-0.1, -0.05) is 37.3 Å². The van der Waals surface area contributed by atoms with E-state index in [1.54, 1.807) is 5.06 Å². The lowest BCUT2D eigenvalue weighted by Crippen LogP contribution is -2.46. The molecular weight excluding hydrogens is 238 g/mol. The highest BCUT2D eigenvalue weighted by atomic mass is 16.7. The molecule has 0 aliphatic carbocycles. The van der Waals surface area contributed by atoms with Gasteiger partial charge in [-0.2, -0.15) is 0 Å². The summed E-state index contributed by atoms with van der Waals surface area (Å²) in [5.74, 6) is 0.776. The second kappa shape index (κ2) is 4.85. The average Bonchev–Trinajstić information content (AvgIpc) is 2.66. The molecule has 4 heteroatoms. The Morgan fingerprint density at radius 3 is 2.42 bits per heavy atom. The van der Waals surface area contributed by atoms with Crippen LogP contribution in [-0.2, 0) is 10.6 Å². The molecule has 0 amide bonds. The molecule has 0 bridgehead atoms. The number of hydroxylamine groups is 2. The van der Waals surface area contributed by atoms with E-state index in [1.165, 1.54) is 0 Å². The minimum atomic E-state index is -0.608. The summed E-state index contributed by atoms with van der Waals surface area (Å²) in [6.45, 7) is 8.41. The largest absolute Gasteiger partial charge is 0.350 e. The maximum atomic E-state index is 6.01. The molecule has 0 aromatic heterocycles. The van der Waals surface area contributed by atoms with Crippen molar-refractivity contribution in [2.75, 3.05) is 7.05 Å². The summed E-state index contributed by atoms with van der Waals surface area (Å²) in [6, 6.07) is 10.1. The van der Waals surface area contributed by atoms with Crippen molar-refractivity contribution >= 4 is 5.96 Å². The fourth-order valence-electron chi connectivity index (χ4n) is 2.14. The van der Waals surface area contributed by atoms with Crippen LogP contribution in [0.4, 0.5) is 0 Å². The number of aliphatic imine (C=N–C) groups is 1. The van der Waals surface area contributed by atoms with Gasteiger partial charge in [0, 0.05) is 24.6 Å². The van der Waals surface area contributed by atoms with Gasteiger partial charge in [-0.15, -0.1) is 0 Å². The molecule has 0 saturated carbocycles. The lowest BCUT2D eigenvalue weighted by molar-refractivity contribution is -0.175. The lowest BCUT2D eigenvalue weighted by Gasteiger charge is -2.26. The molecule has 0 saturated heterocycles. The van der Waals surface area contributed by atoms with Gasteiger partial charge in [0.05, 0.1) is 0 Å². The summed E-state index contributed by atoms with van der Waals surface area (Å²) < 4.78 is 0. The lowest BCUT2D eigenvalue weighted by atomic mass is 10.0. The van der Waals surface area contributed by atoms with Gasteiger partial charge < -0.3 is 5.32 Å². The van der Waals surface area contributed by atoms with Gasteiger partial charge in [0.2, 0.25) is 11.7 Å². The first-order valence-corrected chi connectivity index (χ1v) is 6.73. The SMILES string of the molecule is CCC1(c2ccccc2)N=C(NC(C)(C)C)N(C)O1. The third-order valence-electron chi connectivity index (χ3n) is 3.06. The van der Waals surface area contributed by atoms with Crippen LogP contribution in [0.3, 0.4) is 0 Å². The zero-order chi connectivity index (χ0) is 14.1. The van der Waals surface area contributed by atoms with Crippen molar-refractivity contribution in [2.24, 2.45) is 4.99 Å². The summed E-state index contributed by atoms with van der Waals surface area (Å²) in [5.41, 5.74) is 0.427. The van der Waals surface area contributed by atoms with Gasteiger partial charge in [-0.25, -0.2) is 14.9 Å². The highest BCUT2D eigenvalue weighted by molar-refractivity contribution is 5.81. The van der Waals surface area contributed by atoms with Crippen molar-refractivity contribution in [3.63, 3.8) is 0 Å². The Morgan fingerprint density at radius 1 is 1.26 bits per heavy atom. The van der Waals surface area contributed by atoms with Gasteiger partial charge >= 0.3 is 0 Å². The second-order valence-electron chi connectivity index (χ2n) is 5.90. The molecule has 1 aromatic carbocycles. The molecule has 1 aliphatic rings. The summed E-state index contributed by atoms with van der Waals surface area (Å²) in [7, 11) is 1.89. The molecule has 4 nitrogen and oxygen atoms in total. The van der Waals surface area contributed by atoms with E-state index >= 15 is 0 Å². The summed E-state index contributed by atoms with van der Waals surface area (Å²) in [5, 5.41) is 5.10. The Balaban J connectivity index is 2.34. The zero-order valence-electron chi connectivity index (χ0n) is 12.4. The molecule has 104 valence electrons. The number of benzene rings is 1. The van der Waals surface area contributed by atoms with Crippen molar-refractivity contribution < 1.29 is 4.84 Å². The van der Waals surface area contributed by atoms with E-state index in [9.17, 15) is 0 Å². The van der Waals surface area contributed by atoms with E-state index in [2.05, 4.69) is 45.1 Å². The molecule has 1 atom stereocenters. The smallest absolute Gasteiger partial charge is 0.221 e. The van der Waals surface area contributed by atoms with Crippen LogP contribution in [0.2, 0.25) is 0 Å². The second-order valence-corrected chi connectivity index (χ2v) is 5.90. The van der Waals surface area contributed by atoms with Crippen LogP contribution < -0.4 is 5.32 Å². The molecule has 1 aromatic rings. The van der Waals surface area contributed by atoms with Crippen LogP contribution in [0, 0.1) is 0 Å². The number of rotatable bonds is 2. The van der Waals surface area contributed by atoms with E-state index in [1.807, 2.05) is 25.2 Å². The molecule has 2 rings (SSSR count). The highest BCUT2D eigenvalue weighted by Crippen LogP contribution is 2.36. The van der Waals surface area contributed by atoms with E-state index in [-0.39, 0.29) is 5.54 Å². The van der Waals surface area contributed by atoms with E-state index in [0.29, 0.717) is 0 Å². The number of nitrogens with zero attached hydrogens (tertiary/aromatic N) is 2. The first-order chi connectivity index (χ1) is 8.86. The molecule has 0 fully saturated rings. The third kappa shape index (κ3) is 2.89. The first-order valence-electron chi connectivity index (χ1n) is 6.73. The molecule has 1 aliphatic heterocycles. The molecule has 19 heavy (non-hydrogen) atoms. The van der Waals surface area contributed by atoms with E-state index in [0.717, 1.165) is 17.9 Å². The summed E-state index contributed by atoms with van der Waals surface area (Å²) >= 11 is 0. The van der Waals surface area contributed by atoms with Crippen molar-refractivity contribution in [3.05, 3.63) is 35.9 Å². The Morgan fingerprint density at radius 2 is 1.89 bits per heavy atom. The Hall–Kier alpha value is -1.55. The standard InChI is InChI=1S/C15H23N3O/c1-6-15(12-10-8-7-9-11-12)17-13(18(5)19-15)16-14(2,3)4/h7-11H,6H2,1-5H3,(H,16,17). The van der Waals surface area contributed by atoms with E-state index < -0.39 is 5.72 Å². The minimum absolute atomic E-state index is 0.0447. The predicted molar refractivity (Wildman–Crippen MR) is 77.6 cm³/mol. The van der Waals surface area contributed by atoms with Crippen LogP contribution in [0.15, 0.2) is 35.3 Å². The van der Waals surface area contributed by atoms with Crippen molar-refractivity contribution in [1.82, 2.24) is 10.4 Å². The molecule has 0 radical (unpaired) electrons. The molecule has 1 heterocycles. The molecule has 1 unspecified atom stereocenters.